The highest BCUT2D eigenvalue weighted by molar-refractivity contribution is 5.97. The Labute approximate surface area is 174 Å². The molecule has 30 heavy (non-hydrogen) atoms. The highest BCUT2D eigenvalue weighted by atomic mass is 16.7. The van der Waals surface area contributed by atoms with Gasteiger partial charge < -0.3 is 24.1 Å². The van der Waals surface area contributed by atoms with Gasteiger partial charge in [-0.05, 0) is 5.56 Å². The van der Waals surface area contributed by atoms with E-state index in [-0.39, 0.29) is 31.8 Å². The monoisotopic (exact) mass is 412 g/mol. The zero-order chi connectivity index (χ0) is 20.9. The number of fused-ring (bicyclic) bond motifs is 1. The molecule has 2 aromatic carbocycles. The van der Waals surface area contributed by atoms with Crippen molar-refractivity contribution >= 4 is 11.8 Å². The number of ether oxygens (including phenoxy) is 4. The largest absolute Gasteiger partial charge is 0.454 e. The third kappa shape index (κ3) is 4.76. The first-order chi connectivity index (χ1) is 14.6. The van der Waals surface area contributed by atoms with Gasteiger partial charge in [-0.25, -0.2) is 0 Å². The van der Waals surface area contributed by atoms with Crippen molar-refractivity contribution in [2.75, 3.05) is 6.61 Å². The second kappa shape index (κ2) is 9.49. The van der Waals surface area contributed by atoms with Gasteiger partial charge in [0.2, 0.25) is 0 Å². The summed E-state index contributed by atoms with van der Waals surface area (Å²) in [4.78, 5) is 24.6. The second-order valence-corrected chi connectivity index (χ2v) is 7.37. The molecule has 7 nitrogen and oxygen atoms in total. The molecule has 158 valence electrons. The van der Waals surface area contributed by atoms with E-state index in [1.807, 2.05) is 36.4 Å². The lowest BCUT2D eigenvalue weighted by molar-refractivity contribution is -0.202. The Morgan fingerprint density at radius 1 is 0.967 bits per heavy atom. The van der Waals surface area contributed by atoms with E-state index in [4.69, 9.17) is 18.9 Å². The van der Waals surface area contributed by atoms with E-state index in [1.54, 1.807) is 24.3 Å². The number of benzene rings is 2. The number of Topliss-reactive ketones (excluding diaryl/α,β-unsaturated/α-hetero) is 1. The normalized spacial score (nSPS) is 27.6. The standard InChI is InChI=1S/C23H24O7/c24-17(16-9-5-2-6-10-16)11-12-19(26)29-22-21-20(18(25)14-27-21)30-23(22)28-13-15-7-3-1-4-8-15/h1-10,18,20-23,25H,11-14H2/t18-,20-,21+,22-,23+/m1/s1. The number of ketones is 1. The van der Waals surface area contributed by atoms with E-state index in [1.165, 1.54) is 0 Å². The van der Waals surface area contributed by atoms with Crippen molar-refractivity contribution in [3.8, 4) is 0 Å². The maximum atomic E-state index is 12.4. The zero-order valence-corrected chi connectivity index (χ0v) is 16.4. The van der Waals surface area contributed by atoms with Crippen LogP contribution in [0.15, 0.2) is 60.7 Å². The van der Waals surface area contributed by atoms with Gasteiger partial charge >= 0.3 is 5.97 Å². The third-order valence-corrected chi connectivity index (χ3v) is 5.22. The molecule has 2 saturated heterocycles. The van der Waals surface area contributed by atoms with E-state index in [2.05, 4.69) is 0 Å². The molecule has 2 aliphatic heterocycles. The topological polar surface area (TPSA) is 91.3 Å². The molecule has 5 atom stereocenters. The number of aliphatic hydroxyl groups is 1. The van der Waals surface area contributed by atoms with E-state index >= 15 is 0 Å². The molecule has 1 N–H and O–H groups in total. The Bertz CT molecular complexity index is 854. The summed E-state index contributed by atoms with van der Waals surface area (Å²) in [5.41, 5.74) is 1.50. The number of carbonyl (C=O) groups is 2. The molecule has 0 unspecified atom stereocenters. The average Bonchev–Trinajstić information content (AvgIpc) is 3.31. The van der Waals surface area contributed by atoms with Gasteiger partial charge in [-0.2, -0.15) is 0 Å². The molecule has 4 rings (SSSR count). The fourth-order valence-corrected chi connectivity index (χ4v) is 3.66. The molecule has 0 saturated carbocycles. The quantitative estimate of drug-likeness (QED) is 0.525. The summed E-state index contributed by atoms with van der Waals surface area (Å²) < 4.78 is 22.8. The van der Waals surface area contributed by atoms with Crippen LogP contribution in [0.4, 0.5) is 0 Å². The predicted molar refractivity (Wildman–Crippen MR) is 106 cm³/mol. The smallest absolute Gasteiger partial charge is 0.306 e. The minimum Gasteiger partial charge on any atom is -0.454 e. The third-order valence-electron chi connectivity index (χ3n) is 5.22. The van der Waals surface area contributed by atoms with Crippen LogP contribution in [0.5, 0.6) is 0 Å². The van der Waals surface area contributed by atoms with E-state index in [0.29, 0.717) is 5.56 Å². The van der Waals surface area contributed by atoms with Crippen LogP contribution in [0.25, 0.3) is 0 Å². The summed E-state index contributed by atoms with van der Waals surface area (Å²) in [5.74, 6) is -0.663. The zero-order valence-electron chi connectivity index (χ0n) is 16.4. The van der Waals surface area contributed by atoms with Crippen molar-refractivity contribution in [3.05, 3.63) is 71.8 Å². The molecule has 0 bridgehead atoms. The summed E-state index contributed by atoms with van der Waals surface area (Å²) in [6.45, 7) is 0.378. The molecule has 2 heterocycles. The summed E-state index contributed by atoms with van der Waals surface area (Å²) >= 11 is 0. The molecule has 0 radical (unpaired) electrons. The fourth-order valence-electron chi connectivity index (χ4n) is 3.66. The minimum atomic E-state index is -0.857. The number of carbonyl (C=O) groups excluding carboxylic acids is 2. The van der Waals surface area contributed by atoms with Crippen LogP contribution in [0, 0.1) is 0 Å². The van der Waals surface area contributed by atoms with Crippen LogP contribution < -0.4 is 0 Å². The van der Waals surface area contributed by atoms with E-state index in [9.17, 15) is 14.7 Å². The van der Waals surface area contributed by atoms with Crippen LogP contribution in [0.1, 0.15) is 28.8 Å². The van der Waals surface area contributed by atoms with Gasteiger partial charge in [0.15, 0.2) is 18.2 Å². The lowest BCUT2D eigenvalue weighted by Crippen LogP contribution is -2.38. The van der Waals surface area contributed by atoms with Crippen molar-refractivity contribution in [2.45, 2.75) is 50.2 Å². The van der Waals surface area contributed by atoms with Gasteiger partial charge in [0.1, 0.15) is 18.3 Å². The van der Waals surface area contributed by atoms with Gasteiger partial charge in [-0.3, -0.25) is 9.59 Å². The number of aliphatic hydroxyl groups excluding tert-OH is 1. The highest BCUT2D eigenvalue weighted by Gasteiger charge is 2.54. The predicted octanol–water partition coefficient (Wildman–Crippen LogP) is 2.26. The Balaban J connectivity index is 1.35. The number of esters is 1. The molecule has 0 spiro atoms. The summed E-state index contributed by atoms with van der Waals surface area (Å²) in [6.07, 6.45) is -3.71. The first-order valence-corrected chi connectivity index (χ1v) is 10.0. The van der Waals surface area contributed by atoms with Crippen LogP contribution in [-0.4, -0.2) is 54.2 Å². The van der Waals surface area contributed by atoms with Crippen LogP contribution >= 0.6 is 0 Å². The molecule has 7 heteroatoms. The second-order valence-electron chi connectivity index (χ2n) is 7.37. The molecule has 2 aliphatic rings. The Morgan fingerprint density at radius 3 is 2.40 bits per heavy atom. The number of hydrogen-bond acceptors (Lipinski definition) is 7. The lowest BCUT2D eigenvalue weighted by atomic mass is 10.1. The van der Waals surface area contributed by atoms with Crippen LogP contribution in [0.3, 0.4) is 0 Å². The Hall–Kier alpha value is -2.58. The van der Waals surface area contributed by atoms with Crippen LogP contribution in [0.2, 0.25) is 0 Å². The molecular weight excluding hydrogens is 388 g/mol. The summed E-state index contributed by atoms with van der Waals surface area (Å²) in [7, 11) is 0. The van der Waals surface area contributed by atoms with Crippen molar-refractivity contribution in [1.29, 1.82) is 0 Å². The van der Waals surface area contributed by atoms with E-state index in [0.717, 1.165) is 5.56 Å². The van der Waals surface area contributed by atoms with Crippen molar-refractivity contribution in [1.82, 2.24) is 0 Å². The summed E-state index contributed by atoms with van der Waals surface area (Å²) in [6, 6.07) is 18.3. The maximum Gasteiger partial charge on any atom is 0.306 e. The Morgan fingerprint density at radius 2 is 1.67 bits per heavy atom. The van der Waals surface area contributed by atoms with Gasteiger partial charge in [-0.1, -0.05) is 60.7 Å². The fraction of sp³-hybridized carbons (Fsp3) is 0.391. The Kier molecular flexibility index (Phi) is 6.54. The maximum absolute atomic E-state index is 12.4. The number of hydrogen-bond donors (Lipinski definition) is 1. The van der Waals surface area contributed by atoms with Crippen LogP contribution in [-0.2, 0) is 30.3 Å². The molecule has 2 fully saturated rings. The van der Waals surface area contributed by atoms with Gasteiger partial charge in [0, 0.05) is 12.0 Å². The SMILES string of the molecule is O=C(CCC(=O)c1ccccc1)O[C@H]1[C@@H](OCc2ccccc2)O[C@H]2[C@@H]1OC[C@H]2O. The first-order valence-electron chi connectivity index (χ1n) is 10.0. The molecule has 0 aliphatic carbocycles. The van der Waals surface area contributed by atoms with Gasteiger partial charge in [-0.15, -0.1) is 0 Å². The average molecular weight is 412 g/mol. The molecular formula is C23H24O7. The first kappa shape index (κ1) is 20.7. The number of rotatable bonds is 8. The van der Waals surface area contributed by atoms with Gasteiger partial charge in [0.05, 0.1) is 19.6 Å². The lowest BCUT2D eigenvalue weighted by Gasteiger charge is -2.22. The molecule has 0 aromatic heterocycles. The van der Waals surface area contributed by atoms with Gasteiger partial charge in [0.25, 0.3) is 0 Å². The summed E-state index contributed by atoms with van der Waals surface area (Å²) in [5, 5.41) is 10.1. The minimum absolute atomic E-state index is 0.0452. The van der Waals surface area contributed by atoms with E-state index < -0.39 is 36.7 Å². The van der Waals surface area contributed by atoms with Crippen molar-refractivity contribution < 1.29 is 33.6 Å². The highest BCUT2D eigenvalue weighted by Crippen LogP contribution is 2.34. The van der Waals surface area contributed by atoms with Crippen molar-refractivity contribution in [3.63, 3.8) is 0 Å². The van der Waals surface area contributed by atoms with Crippen molar-refractivity contribution in [2.24, 2.45) is 0 Å². The molecule has 0 amide bonds. The molecule has 2 aromatic rings.